The number of aromatic amines is 1. The molecule has 28 heavy (non-hydrogen) atoms. The van der Waals surface area contributed by atoms with Crippen molar-refractivity contribution in [1.82, 2.24) is 4.98 Å². The Morgan fingerprint density at radius 2 is 1.96 bits per heavy atom. The summed E-state index contributed by atoms with van der Waals surface area (Å²) in [5.74, 6) is 0.454. The lowest BCUT2D eigenvalue weighted by Crippen LogP contribution is -2.10. The number of carbonyl (C=O) groups excluding carboxylic acids is 1. The molecule has 7 heteroatoms. The van der Waals surface area contributed by atoms with Crippen molar-refractivity contribution in [3.05, 3.63) is 42.2 Å². The van der Waals surface area contributed by atoms with Gasteiger partial charge in [-0.3, -0.25) is 0 Å². The van der Waals surface area contributed by atoms with E-state index in [4.69, 9.17) is 18.9 Å². The fourth-order valence-electron chi connectivity index (χ4n) is 2.87. The van der Waals surface area contributed by atoms with Gasteiger partial charge in [-0.05, 0) is 49.2 Å². The molecule has 1 heterocycles. The molecular weight excluding hydrogens is 365 g/mol. The SMILES string of the molecule is CCCOc1ccc2[nH]c(OC(=O)OCC)c(-c3ccc(OC)c(F)c3)c2c1. The van der Waals surface area contributed by atoms with Crippen molar-refractivity contribution in [2.45, 2.75) is 20.3 Å². The maximum Gasteiger partial charge on any atom is 0.515 e. The molecule has 0 amide bonds. The quantitative estimate of drug-likeness (QED) is 0.557. The molecule has 148 valence electrons. The monoisotopic (exact) mass is 387 g/mol. The Kier molecular flexibility index (Phi) is 6.03. The summed E-state index contributed by atoms with van der Waals surface area (Å²) in [5.41, 5.74) is 1.78. The number of benzene rings is 2. The minimum atomic E-state index is -0.841. The zero-order chi connectivity index (χ0) is 20.1. The molecule has 0 saturated carbocycles. The second kappa shape index (κ2) is 8.65. The minimum Gasteiger partial charge on any atom is -0.494 e. The van der Waals surface area contributed by atoms with Gasteiger partial charge in [-0.15, -0.1) is 0 Å². The molecule has 1 N–H and O–H groups in total. The van der Waals surface area contributed by atoms with Gasteiger partial charge in [0.2, 0.25) is 5.88 Å². The van der Waals surface area contributed by atoms with E-state index in [1.165, 1.54) is 19.2 Å². The lowest BCUT2D eigenvalue weighted by atomic mass is 10.0. The second-order valence-corrected chi connectivity index (χ2v) is 6.02. The van der Waals surface area contributed by atoms with E-state index in [1.54, 1.807) is 13.0 Å². The predicted octanol–water partition coefficient (Wildman–Crippen LogP) is 5.31. The Hall–Kier alpha value is -3.22. The summed E-state index contributed by atoms with van der Waals surface area (Å²) in [6.45, 7) is 4.46. The topological polar surface area (TPSA) is 69.8 Å². The Morgan fingerprint density at radius 1 is 1.14 bits per heavy atom. The number of rotatable bonds is 7. The van der Waals surface area contributed by atoms with Crippen LogP contribution in [0.1, 0.15) is 20.3 Å². The highest BCUT2D eigenvalue weighted by molar-refractivity contribution is 6.00. The van der Waals surface area contributed by atoms with E-state index in [9.17, 15) is 9.18 Å². The first kappa shape index (κ1) is 19.5. The second-order valence-electron chi connectivity index (χ2n) is 6.02. The summed E-state index contributed by atoms with van der Waals surface area (Å²) in [6, 6.07) is 10.0. The van der Waals surface area contributed by atoms with Crippen LogP contribution in [-0.2, 0) is 4.74 Å². The minimum absolute atomic E-state index is 0.128. The van der Waals surface area contributed by atoms with Crippen LogP contribution in [0.4, 0.5) is 9.18 Å². The van der Waals surface area contributed by atoms with Crippen molar-refractivity contribution in [2.24, 2.45) is 0 Å². The molecule has 0 bridgehead atoms. The summed E-state index contributed by atoms with van der Waals surface area (Å²) >= 11 is 0. The molecule has 2 aromatic carbocycles. The van der Waals surface area contributed by atoms with Crippen molar-refractivity contribution in [2.75, 3.05) is 20.3 Å². The third-order valence-corrected chi connectivity index (χ3v) is 4.10. The fourth-order valence-corrected chi connectivity index (χ4v) is 2.87. The Balaban J connectivity index is 2.13. The van der Waals surface area contributed by atoms with Crippen molar-refractivity contribution in [3.8, 4) is 28.5 Å². The predicted molar refractivity (Wildman–Crippen MR) is 104 cm³/mol. The lowest BCUT2D eigenvalue weighted by molar-refractivity contribution is 0.103. The van der Waals surface area contributed by atoms with E-state index in [2.05, 4.69) is 4.98 Å². The van der Waals surface area contributed by atoms with Crippen LogP contribution in [0.25, 0.3) is 22.0 Å². The van der Waals surface area contributed by atoms with Crippen LogP contribution in [-0.4, -0.2) is 31.5 Å². The molecule has 1 aromatic heterocycles. The molecule has 0 aliphatic heterocycles. The summed E-state index contributed by atoms with van der Waals surface area (Å²) < 4.78 is 35.2. The van der Waals surface area contributed by atoms with Gasteiger partial charge < -0.3 is 23.9 Å². The van der Waals surface area contributed by atoms with Crippen molar-refractivity contribution < 1.29 is 28.1 Å². The van der Waals surface area contributed by atoms with Crippen molar-refractivity contribution in [3.63, 3.8) is 0 Å². The van der Waals surface area contributed by atoms with Gasteiger partial charge in [-0.25, -0.2) is 9.18 Å². The summed E-state index contributed by atoms with van der Waals surface area (Å²) in [7, 11) is 1.40. The Morgan fingerprint density at radius 3 is 2.64 bits per heavy atom. The van der Waals surface area contributed by atoms with Crippen molar-refractivity contribution in [1.29, 1.82) is 0 Å². The molecule has 0 aliphatic carbocycles. The highest BCUT2D eigenvalue weighted by atomic mass is 19.1. The van der Waals surface area contributed by atoms with Gasteiger partial charge in [0.05, 0.1) is 25.9 Å². The first-order valence-electron chi connectivity index (χ1n) is 9.04. The Labute approximate surface area is 162 Å². The number of fused-ring (bicyclic) bond motifs is 1. The van der Waals surface area contributed by atoms with E-state index in [1.807, 2.05) is 25.1 Å². The molecular formula is C21H22FNO5. The average Bonchev–Trinajstić information content (AvgIpc) is 3.03. The fraction of sp³-hybridized carbons (Fsp3) is 0.286. The van der Waals surface area contributed by atoms with Gasteiger partial charge in [-0.2, -0.15) is 0 Å². The number of methoxy groups -OCH3 is 1. The molecule has 0 saturated heterocycles. The van der Waals surface area contributed by atoms with E-state index < -0.39 is 12.0 Å². The average molecular weight is 387 g/mol. The van der Waals surface area contributed by atoms with Gasteiger partial charge in [0.15, 0.2) is 11.6 Å². The maximum atomic E-state index is 14.3. The lowest BCUT2D eigenvalue weighted by Gasteiger charge is -2.09. The van der Waals surface area contributed by atoms with E-state index in [0.717, 1.165) is 17.3 Å². The molecule has 0 spiro atoms. The van der Waals surface area contributed by atoms with Gasteiger partial charge in [0.1, 0.15) is 5.75 Å². The smallest absolute Gasteiger partial charge is 0.494 e. The van der Waals surface area contributed by atoms with Crippen LogP contribution in [0, 0.1) is 5.82 Å². The molecule has 3 rings (SSSR count). The third-order valence-electron chi connectivity index (χ3n) is 4.10. The number of H-pyrrole nitrogens is 1. The number of halogens is 1. The van der Waals surface area contributed by atoms with Gasteiger partial charge in [0, 0.05) is 10.9 Å². The maximum absolute atomic E-state index is 14.3. The first-order chi connectivity index (χ1) is 13.6. The highest BCUT2D eigenvalue weighted by Gasteiger charge is 2.20. The molecule has 0 radical (unpaired) electrons. The number of ether oxygens (including phenoxy) is 4. The summed E-state index contributed by atoms with van der Waals surface area (Å²) in [6.07, 6.45) is 0.0330. The van der Waals surface area contributed by atoms with Crippen LogP contribution in [0.2, 0.25) is 0 Å². The third kappa shape index (κ3) is 4.03. The van der Waals surface area contributed by atoms with E-state index in [0.29, 0.717) is 23.5 Å². The standard InChI is InChI=1S/C21H22FNO5/c1-4-10-27-14-7-8-17-15(12-14)19(20(23-17)28-21(24)26-5-2)13-6-9-18(25-3)16(22)11-13/h6-9,11-12,23H,4-5,10H2,1-3H3. The summed E-state index contributed by atoms with van der Waals surface area (Å²) in [5, 5.41) is 0.734. The van der Waals surface area contributed by atoms with E-state index in [-0.39, 0.29) is 18.2 Å². The molecule has 3 aromatic rings. The largest absolute Gasteiger partial charge is 0.515 e. The highest BCUT2D eigenvalue weighted by Crippen LogP contribution is 2.40. The number of aromatic nitrogens is 1. The zero-order valence-corrected chi connectivity index (χ0v) is 16.0. The molecule has 0 unspecified atom stereocenters. The molecule has 6 nitrogen and oxygen atoms in total. The van der Waals surface area contributed by atoms with Crippen molar-refractivity contribution >= 4 is 17.1 Å². The number of hydrogen-bond donors (Lipinski definition) is 1. The number of hydrogen-bond acceptors (Lipinski definition) is 5. The van der Waals surface area contributed by atoms with Crippen LogP contribution < -0.4 is 14.2 Å². The van der Waals surface area contributed by atoms with Crippen LogP contribution >= 0.6 is 0 Å². The Bertz CT molecular complexity index is 982. The molecule has 0 aliphatic rings. The number of nitrogens with one attached hydrogen (secondary N) is 1. The van der Waals surface area contributed by atoms with Gasteiger partial charge >= 0.3 is 6.16 Å². The normalized spacial score (nSPS) is 10.7. The van der Waals surface area contributed by atoms with Crippen LogP contribution in [0.5, 0.6) is 17.4 Å². The van der Waals surface area contributed by atoms with Gasteiger partial charge in [-0.1, -0.05) is 13.0 Å². The van der Waals surface area contributed by atoms with E-state index >= 15 is 0 Å². The summed E-state index contributed by atoms with van der Waals surface area (Å²) in [4.78, 5) is 14.9. The number of carbonyl (C=O) groups is 1. The molecule has 0 fully saturated rings. The van der Waals surface area contributed by atoms with Gasteiger partial charge in [0.25, 0.3) is 0 Å². The van der Waals surface area contributed by atoms with Crippen LogP contribution in [0.3, 0.4) is 0 Å². The molecule has 0 atom stereocenters. The zero-order valence-electron chi connectivity index (χ0n) is 16.0. The first-order valence-corrected chi connectivity index (χ1v) is 9.04. The van der Waals surface area contributed by atoms with Crippen LogP contribution in [0.15, 0.2) is 36.4 Å².